The van der Waals surface area contributed by atoms with Crippen molar-refractivity contribution in [3.8, 4) is 23.0 Å². The van der Waals surface area contributed by atoms with E-state index in [0.717, 1.165) is 21.5 Å². The normalized spacial score (nSPS) is 11.4. The van der Waals surface area contributed by atoms with Crippen molar-refractivity contribution in [3.05, 3.63) is 72.8 Å². The van der Waals surface area contributed by atoms with Crippen LogP contribution in [0.4, 0.5) is 9.59 Å². The summed E-state index contributed by atoms with van der Waals surface area (Å²) < 4.78 is 36.1. The molecule has 2 aromatic heterocycles. The summed E-state index contributed by atoms with van der Waals surface area (Å²) in [5.41, 5.74) is 2.82. The number of fused-ring (bicyclic) bond motifs is 6. The van der Waals surface area contributed by atoms with Crippen molar-refractivity contribution in [2.45, 2.75) is 0 Å². The maximum absolute atomic E-state index is 13.3. The van der Waals surface area contributed by atoms with E-state index < -0.39 is 12.2 Å². The number of hydrogen-bond donors (Lipinski definition) is 0. The zero-order valence-electron chi connectivity index (χ0n) is 26.4. The van der Waals surface area contributed by atoms with Gasteiger partial charge in [-0.3, -0.25) is 4.90 Å². The van der Waals surface area contributed by atoms with Crippen LogP contribution < -0.4 is 18.9 Å². The quantitative estimate of drug-likeness (QED) is 0.168. The molecule has 0 N–H and O–H groups in total. The van der Waals surface area contributed by atoms with Crippen LogP contribution in [-0.2, 0) is 9.47 Å². The fraction of sp³-hybridized carbons (Fsp3) is 0.257. The van der Waals surface area contributed by atoms with Crippen LogP contribution in [0.15, 0.2) is 72.8 Å². The maximum Gasteiger partial charge on any atom is 0.419 e. The summed E-state index contributed by atoms with van der Waals surface area (Å²) in [5.74, 6) is 2.74. The number of carbonyl (C=O) groups is 2. The summed E-state index contributed by atoms with van der Waals surface area (Å²) in [6, 6.07) is 22.2. The van der Waals surface area contributed by atoms with E-state index in [1.165, 1.54) is 0 Å². The zero-order valence-corrected chi connectivity index (χ0v) is 26.4. The number of likely N-dealkylation sites (N-methyl/N-ethyl adjacent to an activating group) is 1. The maximum atomic E-state index is 13.3. The van der Waals surface area contributed by atoms with Gasteiger partial charge in [0.15, 0.2) is 0 Å². The third-order valence-corrected chi connectivity index (χ3v) is 8.12. The summed E-state index contributed by atoms with van der Waals surface area (Å²) in [5, 5.41) is 3.41. The van der Waals surface area contributed by atoms with Crippen molar-refractivity contribution in [1.82, 2.24) is 14.0 Å². The van der Waals surface area contributed by atoms with Crippen LogP contribution in [0.2, 0.25) is 0 Å². The van der Waals surface area contributed by atoms with Gasteiger partial charge in [-0.1, -0.05) is 0 Å². The van der Waals surface area contributed by atoms with Crippen LogP contribution in [0.5, 0.6) is 23.0 Å². The number of ether oxygens (including phenoxy) is 6. The third-order valence-electron chi connectivity index (χ3n) is 8.12. The Bertz CT molecular complexity index is 1810. The van der Waals surface area contributed by atoms with Gasteiger partial charge in [0.1, 0.15) is 36.2 Å². The second-order valence-electron chi connectivity index (χ2n) is 10.7. The van der Waals surface area contributed by atoms with Gasteiger partial charge in [0.25, 0.3) is 0 Å². The van der Waals surface area contributed by atoms with E-state index in [1.807, 2.05) is 84.7 Å². The van der Waals surface area contributed by atoms with Gasteiger partial charge in [0.2, 0.25) is 0 Å². The second-order valence-corrected chi connectivity index (χ2v) is 10.7. The minimum atomic E-state index is -0.491. The zero-order chi connectivity index (χ0) is 32.4. The van der Waals surface area contributed by atoms with Gasteiger partial charge in [-0.25, -0.2) is 18.7 Å². The predicted molar refractivity (Wildman–Crippen MR) is 176 cm³/mol. The molecular weight excluding hydrogens is 590 g/mol. The smallest absolute Gasteiger partial charge is 0.419 e. The highest BCUT2D eigenvalue weighted by Gasteiger charge is 2.20. The fourth-order valence-corrected chi connectivity index (χ4v) is 5.68. The van der Waals surface area contributed by atoms with Crippen LogP contribution in [0.3, 0.4) is 0 Å². The Morgan fingerprint density at radius 2 is 0.804 bits per heavy atom. The Morgan fingerprint density at radius 3 is 1.07 bits per heavy atom. The Hall–Kier alpha value is -5.42. The molecule has 4 aromatic carbocycles. The van der Waals surface area contributed by atoms with Crippen LogP contribution in [0.25, 0.3) is 43.6 Å². The van der Waals surface area contributed by atoms with Gasteiger partial charge in [-0.15, -0.1) is 0 Å². The molecule has 0 saturated carbocycles. The molecule has 0 aliphatic rings. The first kappa shape index (κ1) is 30.6. The fourth-order valence-electron chi connectivity index (χ4n) is 5.68. The highest BCUT2D eigenvalue weighted by atomic mass is 16.6. The van der Waals surface area contributed by atoms with E-state index in [2.05, 4.69) is 0 Å². The standard InChI is InChI=1S/C35H35N3O8/c1-36(14-16-45-34(39)37-30-10-6-22(41-2)18-26(30)27-19-23(42-3)7-11-31(27)37)15-17-46-35(40)38-32-12-8-24(43-4)20-28(32)29-21-25(44-5)9-13-33(29)38/h6-13,18-21H,14-17H2,1-5H3. The minimum Gasteiger partial charge on any atom is -0.497 e. The van der Waals surface area contributed by atoms with E-state index in [-0.39, 0.29) is 13.2 Å². The van der Waals surface area contributed by atoms with E-state index in [9.17, 15) is 9.59 Å². The summed E-state index contributed by atoms with van der Waals surface area (Å²) in [6.07, 6.45) is -0.982. The average molecular weight is 626 g/mol. The van der Waals surface area contributed by atoms with Crippen molar-refractivity contribution >= 4 is 55.8 Å². The third kappa shape index (κ3) is 5.61. The van der Waals surface area contributed by atoms with Gasteiger partial charge in [0, 0.05) is 34.6 Å². The second kappa shape index (κ2) is 12.9. The first-order valence-electron chi connectivity index (χ1n) is 14.7. The average Bonchev–Trinajstić information content (AvgIpc) is 3.59. The first-order valence-corrected chi connectivity index (χ1v) is 14.7. The number of hydrogen-bond acceptors (Lipinski definition) is 9. The van der Waals surface area contributed by atoms with Crippen molar-refractivity contribution in [3.63, 3.8) is 0 Å². The molecule has 0 aliphatic carbocycles. The van der Waals surface area contributed by atoms with E-state index >= 15 is 0 Å². The summed E-state index contributed by atoms with van der Waals surface area (Å²) >= 11 is 0. The van der Waals surface area contributed by atoms with Gasteiger partial charge in [0.05, 0.1) is 50.5 Å². The van der Waals surface area contributed by atoms with Crippen molar-refractivity contribution < 1.29 is 38.0 Å². The lowest BCUT2D eigenvalue weighted by Crippen LogP contribution is -2.29. The Labute approximate surface area is 265 Å². The lowest BCUT2D eigenvalue weighted by molar-refractivity contribution is 0.118. The minimum absolute atomic E-state index is 0.146. The summed E-state index contributed by atoms with van der Waals surface area (Å²) in [7, 11) is 8.29. The highest BCUT2D eigenvalue weighted by molar-refractivity contribution is 6.14. The van der Waals surface area contributed by atoms with Crippen molar-refractivity contribution in [1.29, 1.82) is 0 Å². The number of carbonyl (C=O) groups excluding carboxylic acids is 2. The molecule has 0 spiro atoms. The van der Waals surface area contributed by atoms with Crippen LogP contribution in [0.1, 0.15) is 0 Å². The molecule has 0 radical (unpaired) electrons. The van der Waals surface area contributed by atoms with Gasteiger partial charge >= 0.3 is 12.2 Å². The topological polar surface area (TPSA) is 103 Å². The largest absolute Gasteiger partial charge is 0.497 e. The van der Waals surface area contributed by atoms with E-state index in [1.54, 1.807) is 37.6 Å². The van der Waals surface area contributed by atoms with Gasteiger partial charge in [-0.05, 0) is 79.8 Å². The molecule has 0 fully saturated rings. The summed E-state index contributed by atoms with van der Waals surface area (Å²) in [6.45, 7) is 1.18. The van der Waals surface area contributed by atoms with E-state index in [0.29, 0.717) is 58.2 Å². The predicted octanol–water partition coefficient (Wildman–Crippen LogP) is 6.54. The monoisotopic (exact) mass is 625 g/mol. The molecule has 0 unspecified atom stereocenters. The molecule has 0 atom stereocenters. The molecular formula is C35H35N3O8. The molecule has 0 bridgehead atoms. The molecule has 2 heterocycles. The molecule has 6 rings (SSSR count). The Morgan fingerprint density at radius 1 is 0.522 bits per heavy atom. The van der Waals surface area contributed by atoms with Crippen LogP contribution in [-0.4, -0.2) is 88.0 Å². The molecule has 6 aromatic rings. The van der Waals surface area contributed by atoms with Crippen molar-refractivity contribution in [2.24, 2.45) is 0 Å². The number of nitrogens with zero attached hydrogens (tertiary/aromatic N) is 3. The van der Waals surface area contributed by atoms with Crippen molar-refractivity contribution in [2.75, 3.05) is 61.8 Å². The molecule has 0 amide bonds. The molecule has 0 saturated heterocycles. The van der Waals surface area contributed by atoms with Crippen LogP contribution in [0, 0.1) is 0 Å². The molecule has 0 aliphatic heterocycles. The SMILES string of the molecule is COc1ccc2c(c1)c1cc(OC)ccc1n2C(=O)OCCN(C)CCOC(=O)n1c2ccc(OC)cc2c2cc(OC)ccc21. The van der Waals surface area contributed by atoms with Gasteiger partial charge in [-0.2, -0.15) is 0 Å². The summed E-state index contributed by atoms with van der Waals surface area (Å²) in [4.78, 5) is 28.6. The first-order chi connectivity index (χ1) is 22.4. The number of aromatic nitrogens is 2. The lowest BCUT2D eigenvalue weighted by Gasteiger charge is -2.17. The molecule has 46 heavy (non-hydrogen) atoms. The number of benzene rings is 4. The lowest BCUT2D eigenvalue weighted by atomic mass is 10.1. The van der Waals surface area contributed by atoms with Gasteiger partial charge < -0.3 is 28.4 Å². The molecule has 11 nitrogen and oxygen atoms in total. The Kier molecular flexibility index (Phi) is 8.58. The highest BCUT2D eigenvalue weighted by Crippen LogP contribution is 2.35. The number of rotatable bonds is 10. The number of methoxy groups -OCH3 is 4. The Balaban J connectivity index is 1.10. The molecule has 238 valence electrons. The van der Waals surface area contributed by atoms with E-state index in [4.69, 9.17) is 28.4 Å². The van der Waals surface area contributed by atoms with Crippen LogP contribution >= 0.6 is 0 Å². The molecule has 11 heteroatoms.